The molecule has 0 bridgehead atoms. The van der Waals surface area contributed by atoms with Gasteiger partial charge in [0.25, 0.3) is 10.0 Å². The Morgan fingerprint density at radius 2 is 1.46 bits per heavy atom. The molecule has 0 unspecified atom stereocenters. The van der Waals surface area contributed by atoms with Crippen LogP contribution in [-0.4, -0.2) is 43.8 Å². The number of hydrogen-bond acceptors (Lipinski definition) is 4. The molecular weight excluding hydrogens is 534 g/mol. The molecule has 41 heavy (non-hydrogen) atoms. The summed E-state index contributed by atoms with van der Waals surface area (Å²) < 4.78 is 29.4. The molecule has 0 saturated carbocycles. The van der Waals surface area contributed by atoms with E-state index in [-0.39, 0.29) is 23.4 Å². The van der Waals surface area contributed by atoms with E-state index in [0.717, 1.165) is 34.2 Å². The smallest absolute Gasteiger partial charge is 0.264 e. The molecule has 0 saturated heterocycles. The summed E-state index contributed by atoms with van der Waals surface area (Å²) in [5.41, 5.74) is 4.97. The predicted octanol–water partition coefficient (Wildman–Crippen LogP) is 5.84. The van der Waals surface area contributed by atoms with Crippen LogP contribution < -0.4 is 9.62 Å². The highest BCUT2D eigenvalue weighted by Crippen LogP contribution is 2.29. The minimum atomic E-state index is -4.11. The number of rotatable bonds is 12. The third-order valence-electron chi connectivity index (χ3n) is 7.50. The molecule has 0 heterocycles. The fourth-order valence-electron chi connectivity index (χ4n) is 4.77. The minimum absolute atomic E-state index is 0.0550. The molecule has 8 heteroatoms. The quantitative estimate of drug-likeness (QED) is 0.293. The summed E-state index contributed by atoms with van der Waals surface area (Å²) in [6, 6.07) is 19.0. The summed E-state index contributed by atoms with van der Waals surface area (Å²) in [5, 5.41) is 3.01. The minimum Gasteiger partial charge on any atom is -0.352 e. The van der Waals surface area contributed by atoms with Crippen molar-refractivity contribution in [1.29, 1.82) is 0 Å². The molecule has 1 N–H and O–H groups in total. The zero-order valence-corrected chi connectivity index (χ0v) is 26.1. The zero-order chi connectivity index (χ0) is 30.3. The molecule has 0 radical (unpaired) electrons. The van der Waals surface area contributed by atoms with Crippen LogP contribution in [0.4, 0.5) is 5.69 Å². The first kappa shape index (κ1) is 31.9. The van der Waals surface area contributed by atoms with Gasteiger partial charge in [-0.05, 0) is 82.3 Å². The predicted molar refractivity (Wildman–Crippen MR) is 165 cm³/mol. The van der Waals surface area contributed by atoms with Gasteiger partial charge >= 0.3 is 0 Å². The van der Waals surface area contributed by atoms with Crippen LogP contribution in [0.5, 0.6) is 0 Å². The van der Waals surface area contributed by atoms with E-state index in [0.29, 0.717) is 12.1 Å². The average Bonchev–Trinajstić information content (AvgIpc) is 2.93. The molecule has 0 spiro atoms. The number of nitrogens with one attached hydrogen (secondary N) is 1. The van der Waals surface area contributed by atoms with Crippen LogP contribution in [-0.2, 0) is 26.2 Å². The van der Waals surface area contributed by atoms with Gasteiger partial charge < -0.3 is 10.2 Å². The number of hydrogen-bond donors (Lipinski definition) is 1. The average molecular weight is 578 g/mol. The van der Waals surface area contributed by atoms with Gasteiger partial charge in [0.1, 0.15) is 12.6 Å². The van der Waals surface area contributed by atoms with Gasteiger partial charge in [-0.25, -0.2) is 8.42 Å². The van der Waals surface area contributed by atoms with Crippen molar-refractivity contribution in [3.05, 3.63) is 94.5 Å². The van der Waals surface area contributed by atoms with E-state index in [9.17, 15) is 18.0 Å². The molecule has 2 amide bonds. The number of nitrogens with zero attached hydrogens (tertiary/aromatic N) is 2. The van der Waals surface area contributed by atoms with Crippen LogP contribution in [0.2, 0.25) is 0 Å². The van der Waals surface area contributed by atoms with Crippen LogP contribution in [0, 0.1) is 27.7 Å². The number of carbonyl (C=O) groups is 2. The number of aryl methyl sites for hydroxylation is 4. The van der Waals surface area contributed by atoms with Crippen molar-refractivity contribution >= 4 is 27.5 Å². The second-order valence-corrected chi connectivity index (χ2v) is 12.7. The number of sulfonamides is 1. The Bertz CT molecular complexity index is 1470. The number of benzene rings is 3. The Morgan fingerprint density at radius 3 is 2.05 bits per heavy atom. The van der Waals surface area contributed by atoms with Gasteiger partial charge in [0.05, 0.1) is 10.6 Å². The second kappa shape index (κ2) is 13.8. The summed E-state index contributed by atoms with van der Waals surface area (Å²) in [5.74, 6) is -0.696. The van der Waals surface area contributed by atoms with Crippen molar-refractivity contribution in [2.24, 2.45) is 0 Å². The molecule has 3 aromatic rings. The van der Waals surface area contributed by atoms with Crippen molar-refractivity contribution in [3.63, 3.8) is 0 Å². The molecule has 3 aromatic carbocycles. The summed E-state index contributed by atoms with van der Waals surface area (Å²) >= 11 is 0. The number of amides is 2. The summed E-state index contributed by atoms with van der Waals surface area (Å²) in [6.45, 7) is 13.1. The van der Waals surface area contributed by atoms with Gasteiger partial charge in [0.2, 0.25) is 11.8 Å². The molecule has 0 aliphatic rings. The number of carbonyl (C=O) groups excluding carboxylic acids is 2. The maximum Gasteiger partial charge on any atom is 0.264 e. The van der Waals surface area contributed by atoms with Crippen molar-refractivity contribution < 1.29 is 18.0 Å². The Balaban J connectivity index is 2.10. The highest BCUT2D eigenvalue weighted by molar-refractivity contribution is 7.92. The van der Waals surface area contributed by atoms with Gasteiger partial charge in [-0.15, -0.1) is 0 Å². The third kappa shape index (κ3) is 7.76. The molecule has 0 aliphatic heterocycles. The van der Waals surface area contributed by atoms with Crippen LogP contribution >= 0.6 is 0 Å². The fourth-order valence-corrected chi connectivity index (χ4v) is 6.25. The molecule has 0 aliphatic carbocycles. The lowest BCUT2D eigenvalue weighted by Gasteiger charge is -2.34. The second-order valence-electron chi connectivity index (χ2n) is 10.8. The lowest BCUT2D eigenvalue weighted by molar-refractivity contribution is -0.140. The van der Waals surface area contributed by atoms with Crippen LogP contribution in [0.3, 0.4) is 0 Å². The van der Waals surface area contributed by atoms with E-state index in [2.05, 4.69) is 5.32 Å². The van der Waals surface area contributed by atoms with Gasteiger partial charge in [0.15, 0.2) is 0 Å². The summed E-state index contributed by atoms with van der Waals surface area (Å²) in [6.07, 6.45) is 1.14. The van der Waals surface area contributed by atoms with E-state index in [1.807, 2.05) is 84.9 Å². The van der Waals surface area contributed by atoms with Crippen LogP contribution in [0.25, 0.3) is 0 Å². The highest BCUT2D eigenvalue weighted by atomic mass is 32.2. The van der Waals surface area contributed by atoms with Crippen molar-refractivity contribution in [3.8, 4) is 0 Å². The summed E-state index contributed by atoms with van der Waals surface area (Å²) in [7, 11) is -4.11. The van der Waals surface area contributed by atoms with Crippen LogP contribution in [0.1, 0.15) is 61.4 Å². The van der Waals surface area contributed by atoms with Crippen LogP contribution in [0.15, 0.2) is 71.6 Å². The van der Waals surface area contributed by atoms with Gasteiger partial charge in [-0.1, -0.05) is 73.5 Å². The van der Waals surface area contributed by atoms with E-state index in [1.165, 1.54) is 9.21 Å². The van der Waals surface area contributed by atoms with Gasteiger partial charge in [-0.3, -0.25) is 13.9 Å². The third-order valence-corrected chi connectivity index (χ3v) is 9.27. The first-order valence-electron chi connectivity index (χ1n) is 14.2. The lowest BCUT2D eigenvalue weighted by atomic mass is 10.1. The monoisotopic (exact) mass is 577 g/mol. The first-order valence-corrected chi connectivity index (χ1v) is 15.6. The zero-order valence-electron chi connectivity index (χ0n) is 25.3. The maximum absolute atomic E-state index is 14.3. The van der Waals surface area contributed by atoms with Crippen molar-refractivity contribution in [2.75, 3.05) is 10.8 Å². The van der Waals surface area contributed by atoms with Gasteiger partial charge in [-0.2, -0.15) is 0 Å². The summed E-state index contributed by atoms with van der Waals surface area (Å²) in [4.78, 5) is 29.3. The van der Waals surface area contributed by atoms with E-state index in [1.54, 1.807) is 30.3 Å². The Hall–Kier alpha value is -3.65. The molecule has 3 rings (SSSR count). The Kier molecular flexibility index (Phi) is 10.7. The molecule has 7 nitrogen and oxygen atoms in total. The number of anilines is 1. The SMILES string of the molecule is CC[C@H](C)NC(=O)[C@H](CC)N(Cc1ccccc1C)C(=O)CN(c1ccc(C)cc1C)S(=O)(=O)c1ccc(C)cc1. The molecular formula is C33H43N3O4S. The standard InChI is InChI=1S/C33H43N3O4S/c1-8-27(7)34-33(38)30(9-2)35(21-28-13-11-10-12-25(28)5)32(37)22-36(31-19-16-24(4)20-26(31)6)41(39,40)29-17-14-23(3)15-18-29/h10-20,27,30H,8-9,21-22H2,1-7H3,(H,34,38)/t27-,30-/m0/s1. The van der Waals surface area contributed by atoms with Gasteiger partial charge in [0, 0.05) is 12.6 Å². The highest BCUT2D eigenvalue weighted by Gasteiger charge is 2.34. The van der Waals surface area contributed by atoms with E-state index in [4.69, 9.17) is 0 Å². The lowest BCUT2D eigenvalue weighted by Crippen LogP contribution is -2.53. The maximum atomic E-state index is 14.3. The molecule has 0 fully saturated rings. The molecule has 2 atom stereocenters. The molecule has 220 valence electrons. The van der Waals surface area contributed by atoms with Crippen molar-refractivity contribution in [2.45, 2.75) is 84.8 Å². The Labute approximate surface area is 245 Å². The van der Waals surface area contributed by atoms with E-state index >= 15 is 0 Å². The van der Waals surface area contributed by atoms with E-state index < -0.39 is 28.5 Å². The topological polar surface area (TPSA) is 86.8 Å². The Morgan fingerprint density at radius 1 is 0.829 bits per heavy atom. The fraction of sp³-hybridized carbons (Fsp3) is 0.394. The van der Waals surface area contributed by atoms with Crippen molar-refractivity contribution in [1.82, 2.24) is 10.2 Å². The largest absolute Gasteiger partial charge is 0.352 e. The molecule has 0 aromatic heterocycles. The normalized spacial score (nSPS) is 12.9. The first-order chi connectivity index (χ1) is 19.4.